The van der Waals surface area contributed by atoms with Crippen molar-refractivity contribution in [1.82, 2.24) is 0 Å². The first-order chi connectivity index (χ1) is 9.70. The number of benzene rings is 1. The fourth-order valence-electron chi connectivity index (χ4n) is 2.07. The van der Waals surface area contributed by atoms with Gasteiger partial charge in [-0.1, -0.05) is 25.4 Å². The van der Waals surface area contributed by atoms with Gasteiger partial charge in [0.25, 0.3) is 0 Å². The summed E-state index contributed by atoms with van der Waals surface area (Å²) in [6.45, 7) is 3.46. The minimum absolute atomic E-state index is 0.0779. The van der Waals surface area contributed by atoms with Gasteiger partial charge in [-0.3, -0.25) is 9.59 Å². The van der Waals surface area contributed by atoms with E-state index in [1.54, 1.807) is 13.8 Å². The van der Waals surface area contributed by atoms with Gasteiger partial charge in [0.15, 0.2) is 17.3 Å². The number of carbonyl (C=O) groups is 2. The second kappa shape index (κ2) is 6.80. The smallest absolute Gasteiger partial charge is 0.303 e. The maximum absolute atomic E-state index is 12.4. The van der Waals surface area contributed by atoms with Crippen molar-refractivity contribution in [2.75, 3.05) is 14.2 Å². The maximum atomic E-state index is 12.4. The van der Waals surface area contributed by atoms with Crippen molar-refractivity contribution < 1.29 is 24.2 Å². The molecular formula is C15H19ClO5. The Labute approximate surface area is 128 Å². The van der Waals surface area contributed by atoms with E-state index in [4.69, 9.17) is 26.2 Å². The van der Waals surface area contributed by atoms with E-state index in [2.05, 4.69) is 0 Å². The number of ether oxygens (including phenoxy) is 2. The number of carboxylic acids is 1. The number of carbonyl (C=O) groups excluding carboxylic acids is 1. The zero-order chi connectivity index (χ0) is 16.2. The monoisotopic (exact) mass is 314 g/mol. The van der Waals surface area contributed by atoms with Crippen LogP contribution in [-0.4, -0.2) is 31.1 Å². The van der Waals surface area contributed by atoms with Crippen LogP contribution in [0.15, 0.2) is 12.1 Å². The van der Waals surface area contributed by atoms with Crippen LogP contribution in [-0.2, 0) is 4.79 Å². The van der Waals surface area contributed by atoms with E-state index in [1.807, 2.05) is 0 Å². The zero-order valence-electron chi connectivity index (χ0n) is 12.5. The topological polar surface area (TPSA) is 72.8 Å². The molecule has 0 aliphatic carbocycles. The number of hydrogen-bond acceptors (Lipinski definition) is 4. The number of ketones is 1. The molecule has 0 radical (unpaired) electrons. The molecule has 0 atom stereocenters. The van der Waals surface area contributed by atoms with Crippen LogP contribution in [0.5, 0.6) is 11.5 Å². The molecule has 0 bridgehead atoms. The number of halogens is 1. The highest BCUT2D eigenvalue weighted by molar-refractivity contribution is 6.34. The number of hydrogen-bond donors (Lipinski definition) is 1. The first-order valence-corrected chi connectivity index (χ1v) is 6.74. The third-order valence-corrected chi connectivity index (χ3v) is 3.36. The predicted octanol–water partition coefficient (Wildman–Crippen LogP) is 3.43. The summed E-state index contributed by atoms with van der Waals surface area (Å²) < 4.78 is 10.3. The molecule has 6 heteroatoms. The first-order valence-electron chi connectivity index (χ1n) is 6.36. The molecule has 0 spiro atoms. The Balaban J connectivity index is 3.05. The van der Waals surface area contributed by atoms with Crippen LogP contribution in [0.25, 0.3) is 0 Å². The third-order valence-electron chi connectivity index (χ3n) is 3.04. The van der Waals surface area contributed by atoms with Crippen molar-refractivity contribution in [2.24, 2.45) is 5.41 Å². The number of aliphatic carboxylic acids is 1. The molecule has 21 heavy (non-hydrogen) atoms. The van der Waals surface area contributed by atoms with E-state index in [-0.39, 0.29) is 23.6 Å². The third kappa shape index (κ3) is 4.63. The molecular weight excluding hydrogens is 296 g/mol. The van der Waals surface area contributed by atoms with E-state index < -0.39 is 11.4 Å². The van der Waals surface area contributed by atoms with Gasteiger partial charge in [0.05, 0.1) is 25.7 Å². The molecule has 0 heterocycles. The lowest BCUT2D eigenvalue weighted by Gasteiger charge is -2.21. The Bertz CT molecular complexity index is 551. The van der Waals surface area contributed by atoms with Crippen molar-refractivity contribution in [3.63, 3.8) is 0 Å². The highest BCUT2D eigenvalue weighted by Gasteiger charge is 2.27. The molecule has 5 nitrogen and oxygen atoms in total. The average molecular weight is 315 g/mol. The largest absolute Gasteiger partial charge is 0.493 e. The lowest BCUT2D eigenvalue weighted by molar-refractivity contribution is -0.139. The van der Waals surface area contributed by atoms with Gasteiger partial charge in [0.2, 0.25) is 0 Å². The van der Waals surface area contributed by atoms with Gasteiger partial charge in [0, 0.05) is 18.1 Å². The summed E-state index contributed by atoms with van der Waals surface area (Å²) in [4.78, 5) is 23.2. The summed E-state index contributed by atoms with van der Waals surface area (Å²) >= 11 is 6.09. The molecule has 0 fully saturated rings. The molecule has 0 amide bonds. The molecule has 0 saturated heterocycles. The quantitative estimate of drug-likeness (QED) is 0.780. The molecule has 0 aliphatic heterocycles. The van der Waals surface area contributed by atoms with Crippen LogP contribution in [0.1, 0.15) is 37.0 Å². The molecule has 0 unspecified atom stereocenters. The fraction of sp³-hybridized carbons (Fsp3) is 0.467. The van der Waals surface area contributed by atoms with E-state index in [9.17, 15) is 9.59 Å². The predicted molar refractivity (Wildman–Crippen MR) is 79.5 cm³/mol. The summed E-state index contributed by atoms with van der Waals surface area (Å²) in [6.07, 6.45) is -0.0157. The van der Waals surface area contributed by atoms with Gasteiger partial charge in [0.1, 0.15) is 0 Å². The Kier molecular flexibility index (Phi) is 5.61. The standard InChI is InChI=1S/C15H19ClO5/c1-15(2,8-14(18)19)7-11(17)9-5-12(20-3)13(21-4)6-10(9)16/h5-6H,7-8H2,1-4H3,(H,18,19). The molecule has 116 valence electrons. The Hall–Kier alpha value is -1.75. The van der Waals surface area contributed by atoms with Crippen molar-refractivity contribution in [3.05, 3.63) is 22.7 Å². The molecule has 1 rings (SSSR count). The molecule has 0 aliphatic rings. The Morgan fingerprint density at radius 1 is 1.14 bits per heavy atom. The van der Waals surface area contributed by atoms with Gasteiger partial charge < -0.3 is 14.6 Å². The summed E-state index contributed by atoms with van der Waals surface area (Å²) in [5.74, 6) is -0.330. The van der Waals surface area contributed by atoms with Crippen LogP contribution < -0.4 is 9.47 Å². The Morgan fingerprint density at radius 2 is 1.67 bits per heavy atom. The van der Waals surface area contributed by atoms with Gasteiger partial charge in [-0.25, -0.2) is 0 Å². The maximum Gasteiger partial charge on any atom is 0.303 e. The van der Waals surface area contributed by atoms with Gasteiger partial charge in [-0.2, -0.15) is 0 Å². The minimum atomic E-state index is -0.939. The highest BCUT2D eigenvalue weighted by Crippen LogP contribution is 2.35. The van der Waals surface area contributed by atoms with Crippen LogP contribution in [0.2, 0.25) is 5.02 Å². The normalized spacial score (nSPS) is 11.1. The van der Waals surface area contributed by atoms with E-state index in [0.29, 0.717) is 17.1 Å². The molecule has 0 saturated carbocycles. The van der Waals surface area contributed by atoms with E-state index in [0.717, 1.165) is 0 Å². The van der Waals surface area contributed by atoms with Crippen LogP contribution in [0, 0.1) is 5.41 Å². The second-order valence-corrected chi connectivity index (χ2v) is 5.93. The van der Waals surface area contributed by atoms with Crippen LogP contribution in [0.3, 0.4) is 0 Å². The lowest BCUT2D eigenvalue weighted by Crippen LogP contribution is -2.21. The summed E-state index contributed by atoms with van der Waals surface area (Å²) in [7, 11) is 2.94. The SMILES string of the molecule is COc1cc(Cl)c(C(=O)CC(C)(C)CC(=O)O)cc1OC. The van der Waals surface area contributed by atoms with Crippen molar-refractivity contribution in [2.45, 2.75) is 26.7 Å². The van der Waals surface area contributed by atoms with Gasteiger partial charge >= 0.3 is 5.97 Å². The summed E-state index contributed by atoms with van der Waals surface area (Å²) in [6, 6.07) is 3.03. The highest BCUT2D eigenvalue weighted by atomic mass is 35.5. The Morgan fingerprint density at radius 3 is 2.14 bits per heavy atom. The van der Waals surface area contributed by atoms with Gasteiger partial charge in [-0.15, -0.1) is 0 Å². The molecule has 1 aromatic rings. The fourth-order valence-corrected chi connectivity index (χ4v) is 2.33. The van der Waals surface area contributed by atoms with Gasteiger partial charge in [-0.05, 0) is 11.5 Å². The summed E-state index contributed by atoms with van der Waals surface area (Å²) in [5.41, 5.74) is -0.354. The lowest BCUT2D eigenvalue weighted by atomic mass is 9.82. The van der Waals surface area contributed by atoms with E-state index >= 15 is 0 Å². The average Bonchev–Trinajstić information content (AvgIpc) is 2.35. The van der Waals surface area contributed by atoms with Crippen LogP contribution >= 0.6 is 11.6 Å². The zero-order valence-corrected chi connectivity index (χ0v) is 13.3. The molecule has 1 aromatic carbocycles. The van der Waals surface area contributed by atoms with E-state index in [1.165, 1.54) is 26.4 Å². The van der Waals surface area contributed by atoms with Crippen LogP contribution in [0.4, 0.5) is 0 Å². The summed E-state index contributed by atoms with van der Waals surface area (Å²) in [5, 5.41) is 9.12. The number of rotatable bonds is 7. The number of methoxy groups -OCH3 is 2. The molecule has 0 aromatic heterocycles. The minimum Gasteiger partial charge on any atom is -0.493 e. The number of carboxylic acid groups (broad SMARTS) is 1. The van der Waals surface area contributed by atoms with Crippen molar-refractivity contribution in [3.8, 4) is 11.5 Å². The van der Waals surface area contributed by atoms with Crippen molar-refractivity contribution in [1.29, 1.82) is 0 Å². The second-order valence-electron chi connectivity index (χ2n) is 5.52. The van der Waals surface area contributed by atoms with Crippen molar-refractivity contribution >= 4 is 23.4 Å². The number of Topliss-reactive ketones (excluding diaryl/α,β-unsaturated/α-hetero) is 1. The first kappa shape index (κ1) is 17.3. The molecule has 1 N–H and O–H groups in total.